The molecule has 500 valence electrons. The molecule has 17 N–H and O–H groups in total. The lowest BCUT2D eigenvalue weighted by Crippen LogP contribution is -2.72. The fraction of sp³-hybridized carbons (Fsp3) is 0.768. The Morgan fingerprint density at radius 2 is 0.830 bits per heavy atom. The molecule has 0 bridgehead atoms. The van der Waals surface area contributed by atoms with Crippen molar-refractivity contribution in [2.75, 3.05) is 39.6 Å². The first-order valence-corrected chi connectivity index (χ1v) is 29.5. The van der Waals surface area contributed by atoms with E-state index < -0.39 is 216 Å². The van der Waals surface area contributed by atoms with Gasteiger partial charge in [-0.1, -0.05) is 44.4 Å². The van der Waals surface area contributed by atoms with Crippen molar-refractivity contribution >= 4 is 29.5 Å². The van der Waals surface area contributed by atoms with Crippen LogP contribution in [0.3, 0.4) is 0 Å². The second-order valence-corrected chi connectivity index (χ2v) is 22.2. The number of carbonyl (C=O) groups excluding carboxylic acids is 5. The van der Waals surface area contributed by atoms with Gasteiger partial charge in [0.15, 0.2) is 31.5 Å². The molecule has 25 atom stereocenters. The van der Waals surface area contributed by atoms with Gasteiger partial charge in [0.05, 0.1) is 39.6 Å². The molecule has 12 unspecified atom stereocenters. The summed E-state index contributed by atoms with van der Waals surface area (Å²) in [7, 11) is 0. The van der Waals surface area contributed by atoms with E-state index >= 15 is 0 Å². The molecule has 6 rings (SSSR count). The van der Waals surface area contributed by atoms with Crippen molar-refractivity contribution in [2.45, 2.75) is 233 Å². The quantitative estimate of drug-likeness (QED) is 0.0262. The number of aliphatic hydroxyl groups is 12. The van der Waals surface area contributed by atoms with Gasteiger partial charge in [-0.2, -0.15) is 0 Å². The molecule has 32 heteroatoms. The summed E-state index contributed by atoms with van der Waals surface area (Å²) in [5.41, 5.74) is 0.0576. The molecule has 5 aliphatic heterocycles. The van der Waals surface area contributed by atoms with E-state index in [1.165, 1.54) is 25.0 Å². The molecule has 32 nitrogen and oxygen atoms in total. The maximum atomic E-state index is 13.9. The third kappa shape index (κ3) is 18.7. The fourth-order valence-corrected chi connectivity index (χ4v) is 11.1. The number of hydrogen-bond donors (Lipinski definition) is 17. The third-order valence-corrected chi connectivity index (χ3v) is 15.5. The van der Waals surface area contributed by atoms with Crippen LogP contribution in [0.1, 0.15) is 89.9 Å². The van der Waals surface area contributed by atoms with E-state index in [0.717, 1.165) is 53.4 Å². The smallest absolute Gasteiger partial charge is 0.251 e. The van der Waals surface area contributed by atoms with Gasteiger partial charge in [0.2, 0.25) is 23.6 Å². The Hall–Kier alpha value is -4.73. The molecule has 0 aliphatic carbocycles. The highest BCUT2D eigenvalue weighted by molar-refractivity contribution is 5.94. The Morgan fingerprint density at radius 1 is 0.455 bits per heavy atom. The second kappa shape index (κ2) is 34.6. The Bertz CT molecular complexity index is 2400. The second-order valence-electron chi connectivity index (χ2n) is 22.2. The minimum atomic E-state index is -2.03. The number of hydrogen-bond acceptors (Lipinski definition) is 27. The molecule has 0 saturated carbocycles. The van der Waals surface area contributed by atoms with Gasteiger partial charge in [0.1, 0.15) is 128 Å². The average molecular weight is 1260 g/mol. The summed E-state index contributed by atoms with van der Waals surface area (Å²) in [5, 5.41) is 145. The van der Waals surface area contributed by atoms with Crippen LogP contribution in [0.5, 0.6) is 5.75 Å². The third-order valence-electron chi connectivity index (χ3n) is 15.5. The average Bonchev–Trinajstić information content (AvgIpc) is 1.44. The molecule has 0 radical (unpaired) electrons. The largest absolute Gasteiger partial charge is 0.494 e. The van der Waals surface area contributed by atoms with Crippen molar-refractivity contribution in [1.29, 1.82) is 0 Å². The Kier molecular flexibility index (Phi) is 28.5. The number of aliphatic hydroxyl groups excluding tert-OH is 12. The van der Waals surface area contributed by atoms with Gasteiger partial charge in [0.25, 0.3) is 5.91 Å². The summed E-state index contributed by atoms with van der Waals surface area (Å²) in [6.07, 6.45) is -24.4. The Labute approximate surface area is 507 Å². The summed E-state index contributed by atoms with van der Waals surface area (Å²) >= 11 is 0. The van der Waals surface area contributed by atoms with E-state index in [4.69, 9.17) is 47.4 Å². The van der Waals surface area contributed by atoms with Crippen molar-refractivity contribution in [3.05, 3.63) is 42.0 Å². The van der Waals surface area contributed by atoms with Crippen LogP contribution in [0.4, 0.5) is 0 Å². The molecular weight excluding hydrogens is 1170 g/mol. The first kappa shape index (κ1) is 72.3. The van der Waals surface area contributed by atoms with Crippen molar-refractivity contribution in [3.8, 4) is 5.75 Å². The monoisotopic (exact) mass is 1260 g/mol. The number of ether oxygens (including phenoxy) is 10. The standard InChI is InChI=1S/C56H89N5O27/c1-6-7-8-9-10-11-12-13-14-18-79-30-17-15-16-29(19-30)51(77)61-37-42(72)41(71)31(20-62)81-53(37)86-48-33(22-64)83-55(39(44(48)74)59-27(4)69)88-50-35(24-66)84-56(40(46(50)76)60-28(5)70)87-49-34(23-65)82-54(38(45(49)75)58-26(3)68)85-47-32(21-63)80-52(78)36(43(47)73)57-25(2)67/h11-12,15-17,19,31-50,52-56,62-66,71-76,78H,6-10,13-14,18,20-24H2,1-5H3,(H,57,67)(H,58,68)(H,59,69)(H,60,70)(H,61,77)/b12-11-/t31?,32?,33-,34-,35?,36-,37-,38?,39?,40-,41+,42+,43-,44?,45?,46-,47?,48+,49+,50?,52?,53?,54?,55-,56-/m0/s1. The van der Waals surface area contributed by atoms with E-state index in [-0.39, 0.29) is 5.56 Å². The van der Waals surface area contributed by atoms with Crippen LogP contribution in [0.2, 0.25) is 0 Å². The number of amides is 5. The Morgan fingerprint density at radius 3 is 1.24 bits per heavy atom. The van der Waals surface area contributed by atoms with Crippen molar-refractivity contribution in [2.24, 2.45) is 0 Å². The van der Waals surface area contributed by atoms with Crippen molar-refractivity contribution in [1.82, 2.24) is 26.6 Å². The van der Waals surface area contributed by atoms with Gasteiger partial charge >= 0.3 is 0 Å². The number of carbonyl (C=O) groups is 5. The zero-order chi connectivity index (χ0) is 64.5. The van der Waals surface area contributed by atoms with Crippen molar-refractivity contribution in [3.63, 3.8) is 0 Å². The molecule has 5 saturated heterocycles. The highest BCUT2D eigenvalue weighted by Crippen LogP contribution is 2.36. The molecule has 88 heavy (non-hydrogen) atoms. The minimum absolute atomic E-state index is 0.0576. The Balaban J connectivity index is 1.18. The van der Waals surface area contributed by atoms with Crippen LogP contribution >= 0.6 is 0 Å². The van der Waals surface area contributed by atoms with E-state index in [0.29, 0.717) is 18.8 Å². The van der Waals surface area contributed by atoms with E-state index in [1.54, 1.807) is 12.1 Å². The SMILES string of the molecule is CCCCCC/C=C\CCCOc1cccc(C(=O)N[C@@H]2C(O[C@H]3C(O)C(NC(C)=O)[C@H](OC4C(CO)O[C@@H](O[C@H]5C(O)C(NC(C)=O)C(OC6C(CO)OC(O)[C@@H](NC(C)=O)[C@@H]6O)O[C@H]5CO)[C@@H](NC(C)=O)[C@@H]4O)O[C@H]3CO)OC(CO)[C@@H](O)[C@@H]2O)c1. The number of benzene rings is 1. The summed E-state index contributed by atoms with van der Waals surface area (Å²) in [6, 6.07) is -2.18. The van der Waals surface area contributed by atoms with Crippen LogP contribution in [0, 0.1) is 0 Å². The fourth-order valence-electron chi connectivity index (χ4n) is 11.1. The lowest BCUT2D eigenvalue weighted by atomic mass is 9.93. The molecule has 5 heterocycles. The maximum absolute atomic E-state index is 13.9. The normalized spacial score (nSPS) is 37.8. The zero-order valence-corrected chi connectivity index (χ0v) is 49.6. The summed E-state index contributed by atoms with van der Waals surface area (Å²) in [6.45, 7) is 2.01. The summed E-state index contributed by atoms with van der Waals surface area (Å²) < 4.78 is 59.8. The van der Waals surface area contributed by atoms with Crippen molar-refractivity contribution < 1.29 is 133 Å². The molecule has 5 fully saturated rings. The molecule has 0 spiro atoms. The van der Waals surface area contributed by atoms with Gasteiger partial charge in [-0.15, -0.1) is 0 Å². The highest BCUT2D eigenvalue weighted by Gasteiger charge is 2.58. The number of nitrogens with one attached hydrogen (secondary N) is 5. The topological polar surface area (TPSA) is 481 Å². The van der Waals surface area contributed by atoms with Gasteiger partial charge in [-0.25, -0.2) is 0 Å². The van der Waals surface area contributed by atoms with Gasteiger partial charge in [-0.3, -0.25) is 24.0 Å². The van der Waals surface area contributed by atoms with Crippen LogP contribution in [-0.4, -0.2) is 284 Å². The lowest BCUT2D eigenvalue weighted by molar-refractivity contribution is -0.367. The predicted molar refractivity (Wildman–Crippen MR) is 297 cm³/mol. The first-order chi connectivity index (χ1) is 42.0. The number of allylic oxidation sites excluding steroid dienone is 2. The zero-order valence-electron chi connectivity index (χ0n) is 49.6. The number of unbranched alkanes of at least 4 members (excludes halogenated alkanes) is 5. The van der Waals surface area contributed by atoms with Crippen LogP contribution in [0.25, 0.3) is 0 Å². The van der Waals surface area contributed by atoms with Crippen LogP contribution in [-0.2, 0) is 61.8 Å². The summed E-state index contributed by atoms with van der Waals surface area (Å²) in [4.78, 5) is 64.1. The molecule has 5 aliphatic rings. The van der Waals surface area contributed by atoms with Gasteiger partial charge < -0.3 is 135 Å². The molecule has 1 aromatic rings. The van der Waals surface area contributed by atoms with Crippen LogP contribution < -0.4 is 31.3 Å². The van der Waals surface area contributed by atoms with E-state index in [9.17, 15) is 85.3 Å². The molecule has 5 amide bonds. The van der Waals surface area contributed by atoms with E-state index in [2.05, 4.69) is 45.7 Å². The first-order valence-electron chi connectivity index (χ1n) is 29.5. The predicted octanol–water partition coefficient (Wildman–Crippen LogP) is -6.23. The van der Waals surface area contributed by atoms with Gasteiger partial charge in [0, 0.05) is 33.3 Å². The lowest BCUT2D eigenvalue weighted by Gasteiger charge is -2.51. The van der Waals surface area contributed by atoms with Crippen LogP contribution in [0.15, 0.2) is 36.4 Å². The highest BCUT2D eigenvalue weighted by atomic mass is 16.8. The number of rotatable bonds is 29. The molecule has 1 aromatic carbocycles. The minimum Gasteiger partial charge on any atom is -0.494 e. The molecular formula is C56H89N5O27. The van der Waals surface area contributed by atoms with Gasteiger partial charge in [-0.05, 0) is 43.9 Å². The summed E-state index contributed by atoms with van der Waals surface area (Å²) in [5.74, 6) is -3.54. The maximum Gasteiger partial charge on any atom is 0.251 e. The molecule has 0 aromatic heterocycles. The van der Waals surface area contributed by atoms with E-state index in [1.807, 2.05) is 0 Å².